The molecule has 0 amide bonds. The second kappa shape index (κ2) is 10.2. The number of aromatic nitrogens is 1. The predicted octanol–water partition coefficient (Wildman–Crippen LogP) is 11.8. The van der Waals surface area contributed by atoms with E-state index in [1.54, 1.807) is 0 Å². The first kappa shape index (κ1) is 25.7. The lowest BCUT2D eigenvalue weighted by atomic mass is 9.93. The smallest absolute Gasteiger partial charge is 0.135 e. The van der Waals surface area contributed by atoms with Gasteiger partial charge in [-0.2, -0.15) is 0 Å². The predicted molar refractivity (Wildman–Crippen MR) is 186 cm³/mol. The Labute approximate surface area is 262 Å². The minimum Gasteiger partial charge on any atom is -0.456 e. The van der Waals surface area contributed by atoms with Crippen molar-refractivity contribution in [3.8, 4) is 55.9 Å². The van der Waals surface area contributed by atoms with Gasteiger partial charge in [0.2, 0.25) is 0 Å². The van der Waals surface area contributed by atoms with E-state index < -0.39 is 0 Å². The summed E-state index contributed by atoms with van der Waals surface area (Å²) in [6, 6.07) is 53.9. The zero-order valence-corrected chi connectivity index (χ0v) is 24.9. The number of rotatable bonds is 4. The summed E-state index contributed by atoms with van der Waals surface area (Å²) in [4.78, 5) is 5.08. The largest absolute Gasteiger partial charge is 0.456 e. The first-order valence-electron chi connectivity index (χ1n) is 15.5. The van der Waals surface area contributed by atoms with Gasteiger partial charge in [-0.05, 0) is 80.9 Å². The molecule has 0 saturated heterocycles. The maximum absolute atomic E-state index is 6.24. The molecule has 2 heterocycles. The van der Waals surface area contributed by atoms with Crippen LogP contribution in [0.1, 0.15) is 24.0 Å². The van der Waals surface area contributed by atoms with Crippen LogP contribution in [0.3, 0.4) is 0 Å². The fraction of sp³-hybridized carbons (Fsp3) is 0.0465. The Kier molecular flexibility index (Phi) is 5.82. The van der Waals surface area contributed by atoms with Crippen LogP contribution in [0.2, 0.25) is 0 Å². The summed E-state index contributed by atoms with van der Waals surface area (Å²) < 4.78 is 6.24. The molecule has 0 spiro atoms. The first-order chi connectivity index (χ1) is 22.2. The summed E-state index contributed by atoms with van der Waals surface area (Å²) >= 11 is 0. The third-order valence-electron chi connectivity index (χ3n) is 9.32. The highest BCUT2D eigenvalue weighted by atomic mass is 16.3. The van der Waals surface area contributed by atoms with E-state index in [4.69, 9.17) is 9.40 Å². The van der Waals surface area contributed by atoms with E-state index in [0.717, 1.165) is 39.2 Å². The molecule has 0 bridgehead atoms. The van der Waals surface area contributed by atoms with Gasteiger partial charge < -0.3 is 4.42 Å². The van der Waals surface area contributed by atoms with Gasteiger partial charge in [0.1, 0.15) is 11.2 Å². The topological polar surface area (TPSA) is 26.0 Å². The molecule has 0 saturated carbocycles. The van der Waals surface area contributed by atoms with Gasteiger partial charge in [0.25, 0.3) is 0 Å². The molecule has 1 aliphatic rings. The van der Waals surface area contributed by atoms with E-state index in [1.165, 1.54) is 49.7 Å². The van der Waals surface area contributed by atoms with Crippen molar-refractivity contribution in [1.82, 2.24) is 4.98 Å². The number of pyridine rings is 1. The molecule has 1 aliphatic carbocycles. The molecule has 2 aromatic heterocycles. The molecule has 0 aliphatic heterocycles. The molecule has 2 nitrogen and oxygen atoms in total. The summed E-state index contributed by atoms with van der Waals surface area (Å²) in [5.41, 5.74) is 16.2. The van der Waals surface area contributed by atoms with Crippen LogP contribution in [-0.4, -0.2) is 4.98 Å². The first-order valence-corrected chi connectivity index (χ1v) is 15.5. The second-order valence-electron chi connectivity index (χ2n) is 12.0. The van der Waals surface area contributed by atoms with Crippen LogP contribution < -0.4 is 0 Å². The van der Waals surface area contributed by atoms with Crippen molar-refractivity contribution in [2.24, 2.45) is 0 Å². The highest BCUT2D eigenvalue weighted by molar-refractivity contribution is 6.10. The molecule has 45 heavy (non-hydrogen) atoms. The van der Waals surface area contributed by atoms with Crippen LogP contribution in [0, 0.1) is 0 Å². The Balaban J connectivity index is 1.16. The van der Waals surface area contributed by atoms with Crippen molar-refractivity contribution in [3.63, 3.8) is 0 Å². The maximum atomic E-state index is 6.24. The Morgan fingerprint density at radius 1 is 0.467 bits per heavy atom. The lowest BCUT2D eigenvalue weighted by molar-refractivity contribution is 0.668. The van der Waals surface area contributed by atoms with E-state index in [9.17, 15) is 0 Å². The Morgan fingerprint density at radius 2 is 1.09 bits per heavy atom. The van der Waals surface area contributed by atoms with Crippen LogP contribution in [0.5, 0.6) is 0 Å². The van der Waals surface area contributed by atoms with E-state index in [2.05, 4.69) is 140 Å². The van der Waals surface area contributed by atoms with Crippen LogP contribution in [0.25, 0.3) is 77.8 Å². The van der Waals surface area contributed by atoms with Crippen LogP contribution in [0.15, 0.2) is 156 Å². The van der Waals surface area contributed by atoms with E-state index >= 15 is 0 Å². The lowest BCUT2D eigenvalue weighted by Crippen LogP contribution is -1.92. The van der Waals surface area contributed by atoms with E-state index in [1.807, 2.05) is 18.2 Å². The average molecular weight is 576 g/mol. The molecule has 212 valence electrons. The van der Waals surface area contributed by atoms with E-state index in [0.29, 0.717) is 5.92 Å². The molecular formula is C43H29NO. The molecule has 2 heteroatoms. The zero-order valence-electron chi connectivity index (χ0n) is 24.9. The minimum atomic E-state index is 0.296. The molecule has 6 aromatic carbocycles. The monoisotopic (exact) mass is 575 g/mol. The maximum Gasteiger partial charge on any atom is 0.135 e. The Morgan fingerprint density at radius 3 is 1.82 bits per heavy atom. The van der Waals surface area contributed by atoms with Gasteiger partial charge in [0.05, 0.1) is 11.4 Å². The molecule has 0 fully saturated rings. The van der Waals surface area contributed by atoms with Gasteiger partial charge in [-0.3, -0.25) is 0 Å². The lowest BCUT2D eigenvalue weighted by Gasteiger charge is -2.12. The number of para-hydroxylation sites is 1. The number of hydrogen-bond acceptors (Lipinski definition) is 2. The highest BCUT2D eigenvalue weighted by Gasteiger charge is 2.29. The van der Waals surface area contributed by atoms with Crippen LogP contribution in [0.4, 0.5) is 0 Å². The molecule has 0 N–H and O–H groups in total. The quantitative estimate of drug-likeness (QED) is 0.209. The SMILES string of the molecule is CC1c2ccc(-c3cccc(-c4cc(-c5ccccc5)nc(-c5ccccc5)c4)c3)cc2-c2ccc3oc4ccccc4c3c21. The van der Waals surface area contributed by atoms with Crippen molar-refractivity contribution in [2.75, 3.05) is 0 Å². The summed E-state index contributed by atoms with van der Waals surface area (Å²) in [6.45, 7) is 2.32. The van der Waals surface area contributed by atoms with Gasteiger partial charge in [-0.1, -0.05) is 122 Å². The highest BCUT2D eigenvalue weighted by Crippen LogP contribution is 2.50. The third-order valence-corrected chi connectivity index (χ3v) is 9.32. The summed E-state index contributed by atoms with van der Waals surface area (Å²) in [5, 5.41) is 2.44. The zero-order chi connectivity index (χ0) is 29.9. The van der Waals surface area contributed by atoms with Crippen LogP contribution in [-0.2, 0) is 0 Å². The van der Waals surface area contributed by atoms with Crippen molar-refractivity contribution >= 4 is 21.9 Å². The minimum absolute atomic E-state index is 0.296. The fourth-order valence-electron chi connectivity index (χ4n) is 7.12. The van der Waals surface area contributed by atoms with Crippen LogP contribution >= 0.6 is 0 Å². The average Bonchev–Trinajstić information content (AvgIpc) is 3.63. The van der Waals surface area contributed by atoms with Crippen molar-refractivity contribution in [3.05, 3.63) is 163 Å². The Bertz CT molecular complexity index is 2330. The van der Waals surface area contributed by atoms with Gasteiger partial charge in [-0.25, -0.2) is 4.98 Å². The van der Waals surface area contributed by atoms with Gasteiger partial charge in [0, 0.05) is 27.8 Å². The third kappa shape index (κ3) is 4.22. The summed E-state index contributed by atoms with van der Waals surface area (Å²) in [5.74, 6) is 0.296. The van der Waals surface area contributed by atoms with Crippen molar-refractivity contribution in [2.45, 2.75) is 12.8 Å². The number of nitrogens with zero attached hydrogens (tertiary/aromatic N) is 1. The van der Waals surface area contributed by atoms with Crippen molar-refractivity contribution in [1.29, 1.82) is 0 Å². The number of benzene rings is 6. The molecular weight excluding hydrogens is 546 g/mol. The molecule has 9 rings (SSSR count). The summed E-state index contributed by atoms with van der Waals surface area (Å²) in [6.07, 6.45) is 0. The standard InChI is InChI=1S/C43H29NO/c1-27-34-20-19-32(24-37(34)35-21-22-41-43(42(27)35)36-17-8-9-18-40(36)45-41)30-15-10-16-31(23-30)33-25-38(28-11-4-2-5-12-28)44-39(26-33)29-13-6-3-7-14-29/h2-27H,1H3. The van der Waals surface area contributed by atoms with Gasteiger partial charge >= 0.3 is 0 Å². The summed E-state index contributed by atoms with van der Waals surface area (Å²) in [7, 11) is 0. The Hall–Kier alpha value is -5.73. The number of furan rings is 1. The number of fused-ring (bicyclic) bond motifs is 7. The number of hydrogen-bond donors (Lipinski definition) is 0. The van der Waals surface area contributed by atoms with Gasteiger partial charge in [0.15, 0.2) is 0 Å². The molecule has 8 aromatic rings. The van der Waals surface area contributed by atoms with Crippen molar-refractivity contribution < 1.29 is 4.42 Å². The molecule has 0 radical (unpaired) electrons. The molecule has 1 atom stereocenters. The molecule has 1 unspecified atom stereocenters. The van der Waals surface area contributed by atoms with Gasteiger partial charge in [-0.15, -0.1) is 0 Å². The fourth-order valence-corrected chi connectivity index (χ4v) is 7.12. The second-order valence-corrected chi connectivity index (χ2v) is 12.0. The normalized spacial score (nSPS) is 13.7. The van der Waals surface area contributed by atoms with E-state index in [-0.39, 0.29) is 0 Å².